The summed E-state index contributed by atoms with van der Waals surface area (Å²) in [6.07, 6.45) is -2.82. The van der Waals surface area contributed by atoms with E-state index in [9.17, 15) is 23.2 Å². The van der Waals surface area contributed by atoms with Gasteiger partial charge in [-0.15, -0.1) is 0 Å². The molecule has 3 rings (SSSR count). The molecule has 1 saturated heterocycles. The van der Waals surface area contributed by atoms with Crippen molar-refractivity contribution >= 4 is 17.5 Å². The van der Waals surface area contributed by atoms with Gasteiger partial charge < -0.3 is 19.5 Å². The van der Waals surface area contributed by atoms with Gasteiger partial charge in [0.2, 0.25) is 5.91 Å². The Bertz CT molecular complexity index is 1030. The predicted molar refractivity (Wildman–Crippen MR) is 122 cm³/mol. The molecule has 1 amide bonds. The van der Waals surface area contributed by atoms with E-state index in [-0.39, 0.29) is 12.5 Å². The Kier molecular flexibility index (Phi) is 8.17. The number of alkyl halides is 3. The van der Waals surface area contributed by atoms with Crippen molar-refractivity contribution in [2.45, 2.75) is 33.0 Å². The van der Waals surface area contributed by atoms with Crippen LogP contribution in [0.25, 0.3) is 0 Å². The zero-order valence-electron chi connectivity index (χ0n) is 19.6. The van der Waals surface area contributed by atoms with Crippen LogP contribution < -0.4 is 10.2 Å². The molecule has 2 aromatic heterocycles. The molecule has 3 heterocycles. The molecule has 1 aliphatic heterocycles. The van der Waals surface area contributed by atoms with Crippen LogP contribution in [-0.2, 0) is 22.3 Å². The number of nitriles is 1. The molecule has 0 aliphatic carbocycles. The van der Waals surface area contributed by atoms with E-state index in [4.69, 9.17) is 4.74 Å². The summed E-state index contributed by atoms with van der Waals surface area (Å²) in [4.78, 5) is 20.6. The summed E-state index contributed by atoms with van der Waals surface area (Å²) >= 11 is 0. The molecule has 0 spiro atoms. The van der Waals surface area contributed by atoms with Crippen molar-refractivity contribution in [3.05, 3.63) is 40.7 Å². The predicted octanol–water partition coefficient (Wildman–Crippen LogP) is 3.19. The van der Waals surface area contributed by atoms with Gasteiger partial charge in [0.05, 0.1) is 17.7 Å². The van der Waals surface area contributed by atoms with E-state index in [1.165, 1.54) is 6.07 Å². The first kappa shape index (κ1) is 25.5. The molecule has 1 aliphatic rings. The Hall–Kier alpha value is -3.10. The standard InChI is InChI=1S/C23H29F3N6O2/c1-16-17(2)32(7-4-12-34-3)22(19(16)13-27)29-21(33)15-30-8-10-31(11-9-30)20-6-5-18(14-28-20)23(24,25)26/h5-6,14H,4,7-12,15H2,1-3H3,(H,29,33). The van der Waals surface area contributed by atoms with Gasteiger partial charge in [0.1, 0.15) is 17.7 Å². The van der Waals surface area contributed by atoms with Gasteiger partial charge in [0.25, 0.3) is 0 Å². The highest BCUT2D eigenvalue weighted by molar-refractivity contribution is 5.93. The van der Waals surface area contributed by atoms with E-state index in [0.717, 1.165) is 29.9 Å². The number of pyridine rings is 1. The maximum absolute atomic E-state index is 12.8. The van der Waals surface area contributed by atoms with Gasteiger partial charge in [-0.1, -0.05) is 0 Å². The molecule has 2 aromatic rings. The average Bonchev–Trinajstić information content (AvgIpc) is 3.03. The fourth-order valence-electron chi connectivity index (χ4n) is 4.03. The van der Waals surface area contributed by atoms with Crippen LogP contribution in [0.15, 0.2) is 18.3 Å². The highest BCUT2D eigenvalue weighted by atomic mass is 19.4. The van der Waals surface area contributed by atoms with Crippen molar-refractivity contribution in [2.75, 3.05) is 56.7 Å². The highest BCUT2D eigenvalue weighted by Crippen LogP contribution is 2.30. The van der Waals surface area contributed by atoms with E-state index in [0.29, 0.717) is 56.5 Å². The molecule has 1 fully saturated rings. The summed E-state index contributed by atoms with van der Waals surface area (Å²) in [5.74, 6) is 0.768. The van der Waals surface area contributed by atoms with Crippen molar-refractivity contribution in [2.24, 2.45) is 0 Å². The number of methoxy groups -OCH3 is 1. The van der Waals surface area contributed by atoms with Crippen LogP contribution in [0.5, 0.6) is 0 Å². The first-order valence-electron chi connectivity index (χ1n) is 11.0. The van der Waals surface area contributed by atoms with Crippen LogP contribution >= 0.6 is 0 Å². The molecule has 184 valence electrons. The number of rotatable bonds is 8. The first-order chi connectivity index (χ1) is 16.2. The Morgan fingerprint density at radius 3 is 2.50 bits per heavy atom. The number of halogens is 3. The van der Waals surface area contributed by atoms with Gasteiger partial charge in [-0.3, -0.25) is 9.69 Å². The number of nitrogens with zero attached hydrogens (tertiary/aromatic N) is 5. The summed E-state index contributed by atoms with van der Waals surface area (Å²) in [7, 11) is 1.63. The Balaban J connectivity index is 1.59. The number of piperazine rings is 1. The van der Waals surface area contributed by atoms with Gasteiger partial charge in [0, 0.05) is 58.3 Å². The first-order valence-corrected chi connectivity index (χ1v) is 11.0. The lowest BCUT2D eigenvalue weighted by Gasteiger charge is -2.35. The number of hydrogen-bond donors (Lipinski definition) is 1. The fraction of sp³-hybridized carbons (Fsp3) is 0.522. The lowest BCUT2D eigenvalue weighted by molar-refractivity contribution is -0.137. The lowest BCUT2D eigenvalue weighted by atomic mass is 10.2. The minimum Gasteiger partial charge on any atom is -0.385 e. The molecule has 0 unspecified atom stereocenters. The second-order valence-electron chi connectivity index (χ2n) is 8.26. The van der Waals surface area contributed by atoms with E-state index in [1.54, 1.807) is 7.11 Å². The number of amides is 1. The average molecular weight is 479 g/mol. The van der Waals surface area contributed by atoms with Crippen molar-refractivity contribution < 1.29 is 22.7 Å². The maximum Gasteiger partial charge on any atom is 0.417 e. The summed E-state index contributed by atoms with van der Waals surface area (Å²) in [5, 5.41) is 12.5. The normalized spacial score (nSPS) is 14.8. The second-order valence-corrected chi connectivity index (χ2v) is 8.26. The summed E-state index contributed by atoms with van der Waals surface area (Å²) in [6, 6.07) is 4.60. The summed E-state index contributed by atoms with van der Waals surface area (Å²) < 4.78 is 45.3. The Morgan fingerprint density at radius 1 is 1.24 bits per heavy atom. The summed E-state index contributed by atoms with van der Waals surface area (Å²) in [5.41, 5.74) is 1.45. The van der Waals surface area contributed by atoms with Gasteiger partial charge in [-0.25, -0.2) is 4.98 Å². The number of carbonyl (C=O) groups excluding carboxylic acids is 1. The number of carbonyl (C=O) groups is 1. The molecule has 11 heteroatoms. The van der Waals surface area contributed by atoms with Crippen LogP contribution in [0.2, 0.25) is 0 Å². The molecule has 0 radical (unpaired) electrons. The number of hydrogen-bond acceptors (Lipinski definition) is 6. The third kappa shape index (κ3) is 5.87. The highest BCUT2D eigenvalue weighted by Gasteiger charge is 2.31. The smallest absolute Gasteiger partial charge is 0.385 e. The van der Waals surface area contributed by atoms with E-state index in [2.05, 4.69) is 16.4 Å². The number of nitrogens with one attached hydrogen (secondary N) is 1. The quantitative estimate of drug-likeness (QED) is 0.587. The van der Waals surface area contributed by atoms with Crippen LogP contribution in [0, 0.1) is 25.2 Å². The number of ether oxygens (including phenoxy) is 1. The summed E-state index contributed by atoms with van der Waals surface area (Å²) in [6.45, 7) is 7.35. The Morgan fingerprint density at radius 2 is 1.94 bits per heavy atom. The minimum atomic E-state index is -4.41. The van der Waals surface area contributed by atoms with Crippen LogP contribution in [0.1, 0.15) is 28.8 Å². The third-order valence-corrected chi connectivity index (χ3v) is 6.07. The topological polar surface area (TPSA) is 86.4 Å². The second kappa shape index (κ2) is 10.9. The molecule has 0 saturated carbocycles. The van der Waals surface area contributed by atoms with E-state index in [1.807, 2.05) is 28.2 Å². The van der Waals surface area contributed by atoms with Gasteiger partial charge in [-0.05, 0) is 38.0 Å². The maximum atomic E-state index is 12.8. The number of anilines is 2. The SMILES string of the molecule is COCCCn1c(C)c(C)c(C#N)c1NC(=O)CN1CCN(c2ccc(C(F)(F)F)cn2)CC1. The molecule has 0 atom stereocenters. The lowest BCUT2D eigenvalue weighted by Crippen LogP contribution is -2.49. The van der Waals surface area contributed by atoms with Crippen molar-refractivity contribution in [3.63, 3.8) is 0 Å². The third-order valence-electron chi connectivity index (χ3n) is 6.07. The van der Waals surface area contributed by atoms with Crippen molar-refractivity contribution in [1.82, 2.24) is 14.5 Å². The van der Waals surface area contributed by atoms with E-state index < -0.39 is 11.7 Å². The van der Waals surface area contributed by atoms with Crippen LogP contribution in [-0.4, -0.2) is 66.8 Å². The zero-order valence-corrected chi connectivity index (χ0v) is 19.6. The zero-order chi connectivity index (χ0) is 24.9. The molecular weight excluding hydrogens is 449 g/mol. The van der Waals surface area contributed by atoms with Crippen LogP contribution in [0.3, 0.4) is 0 Å². The molecular formula is C23H29F3N6O2. The van der Waals surface area contributed by atoms with Crippen molar-refractivity contribution in [3.8, 4) is 6.07 Å². The van der Waals surface area contributed by atoms with Gasteiger partial charge >= 0.3 is 6.18 Å². The molecule has 34 heavy (non-hydrogen) atoms. The molecule has 0 aromatic carbocycles. The fourth-order valence-corrected chi connectivity index (χ4v) is 4.03. The molecule has 1 N–H and O–H groups in total. The van der Waals surface area contributed by atoms with E-state index >= 15 is 0 Å². The van der Waals surface area contributed by atoms with Crippen LogP contribution in [0.4, 0.5) is 24.8 Å². The van der Waals surface area contributed by atoms with Gasteiger partial charge in [0.15, 0.2) is 0 Å². The minimum absolute atomic E-state index is 0.153. The molecule has 0 bridgehead atoms. The monoisotopic (exact) mass is 478 g/mol. The largest absolute Gasteiger partial charge is 0.417 e. The van der Waals surface area contributed by atoms with Crippen molar-refractivity contribution in [1.29, 1.82) is 5.26 Å². The number of aromatic nitrogens is 2. The van der Waals surface area contributed by atoms with Gasteiger partial charge in [-0.2, -0.15) is 18.4 Å². The Labute approximate surface area is 196 Å². The molecule has 8 nitrogen and oxygen atoms in total.